The number of hydrogen-bond acceptors (Lipinski definition) is 0. The molecule has 0 bridgehead atoms. The maximum Gasteiger partial charge on any atom is 0.104 e. The lowest BCUT2D eigenvalue weighted by Gasteiger charge is -2.35. The Morgan fingerprint density at radius 1 is 0.933 bits per heavy atom. The van der Waals surface area contributed by atoms with E-state index in [9.17, 15) is 0 Å². The molecule has 0 N–H and O–H groups in total. The van der Waals surface area contributed by atoms with Gasteiger partial charge in [-0.05, 0) is 32.9 Å². The molecule has 1 aromatic carbocycles. The zero-order chi connectivity index (χ0) is 11.3. The average Bonchev–Trinajstić information content (AvgIpc) is 2.29. The summed E-state index contributed by atoms with van der Waals surface area (Å²) in [6.45, 7) is 11.5. The van der Waals surface area contributed by atoms with Crippen molar-refractivity contribution in [3.05, 3.63) is 34.9 Å². The average molecular weight is 227 g/mol. The summed E-state index contributed by atoms with van der Waals surface area (Å²) in [7, 11) is 0. The van der Waals surface area contributed by atoms with E-state index in [-0.39, 0.29) is 0 Å². The smallest absolute Gasteiger partial charge is 0.104 e. The maximum atomic E-state index is 5.88. The van der Waals surface area contributed by atoms with Crippen LogP contribution in [0.3, 0.4) is 0 Å². The third-order valence-corrected chi connectivity index (χ3v) is 3.70. The molecule has 1 aromatic rings. The largest absolute Gasteiger partial charge is 0.321 e. The molecule has 1 nitrogen and oxygen atoms in total. The lowest BCUT2D eigenvalue weighted by molar-refractivity contribution is -0.936. The molecule has 0 spiro atoms. The lowest BCUT2D eigenvalue weighted by atomic mass is 10.2. The topological polar surface area (TPSA) is 0 Å². The normalized spacial score (nSPS) is 11.7. The molecule has 2 heteroatoms. The van der Waals surface area contributed by atoms with Crippen molar-refractivity contribution in [2.75, 3.05) is 19.6 Å². The Kier molecular flexibility index (Phi) is 4.62. The molecule has 0 aliphatic carbocycles. The highest BCUT2D eigenvalue weighted by molar-refractivity contribution is 6.30. The van der Waals surface area contributed by atoms with Gasteiger partial charge >= 0.3 is 0 Å². The van der Waals surface area contributed by atoms with E-state index in [2.05, 4.69) is 32.9 Å². The second-order valence-electron chi connectivity index (χ2n) is 4.07. The summed E-state index contributed by atoms with van der Waals surface area (Å²) in [4.78, 5) is 0. The predicted molar refractivity (Wildman–Crippen MR) is 67.0 cm³/mol. The molecule has 0 aromatic heterocycles. The van der Waals surface area contributed by atoms with E-state index in [1.54, 1.807) is 0 Å². The fourth-order valence-electron chi connectivity index (χ4n) is 1.98. The Morgan fingerprint density at radius 2 is 1.40 bits per heavy atom. The second-order valence-corrected chi connectivity index (χ2v) is 4.51. The van der Waals surface area contributed by atoms with Gasteiger partial charge in [0.15, 0.2) is 0 Å². The van der Waals surface area contributed by atoms with Gasteiger partial charge in [0.25, 0.3) is 0 Å². The Bertz CT molecular complexity index is 280. The van der Waals surface area contributed by atoms with Gasteiger partial charge < -0.3 is 4.48 Å². The first kappa shape index (κ1) is 12.5. The molecule has 15 heavy (non-hydrogen) atoms. The van der Waals surface area contributed by atoms with Crippen molar-refractivity contribution in [2.45, 2.75) is 27.3 Å². The first-order valence-electron chi connectivity index (χ1n) is 5.75. The minimum Gasteiger partial charge on any atom is -0.321 e. The van der Waals surface area contributed by atoms with Gasteiger partial charge in [0.2, 0.25) is 0 Å². The van der Waals surface area contributed by atoms with Crippen LogP contribution in [0.4, 0.5) is 0 Å². The van der Waals surface area contributed by atoms with Gasteiger partial charge in [-0.1, -0.05) is 23.7 Å². The SMILES string of the molecule is CC[N+](CC)(CC)Cc1ccc(Cl)cc1. The number of hydrogen-bond donors (Lipinski definition) is 0. The van der Waals surface area contributed by atoms with Gasteiger partial charge in [-0.2, -0.15) is 0 Å². The summed E-state index contributed by atoms with van der Waals surface area (Å²) in [6.07, 6.45) is 0. The van der Waals surface area contributed by atoms with Crippen LogP contribution in [0.1, 0.15) is 26.3 Å². The van der Waals surface area contributed by atoms with Gasteiger partial charge in [0, 0.05) is 10.6 Å². The molecule has 0 saturated heterocycles. The van der Waals surface area contributed by atoms with Crippen LogP contribution >= 0.6 is 11.6 Å². The van der Waals surface area contributed by atoms with Crippen LogP contribution in [-0.4, -0.2) is 24.1 Å². The van der Waals surface area contributed by atoms with E-state index in [0.717, 1.165) is 16.1 Å². The zero-order valence-electron chi connectivity index (χ0n) is 9.96. The van der Waals surface area contributed by atoms with E-state index in [4.69, 9.17) is 11.6 Å². The quantitative estimate of drug-likeness (QED) is 0.672. The molecule has 0 radical (unpaired) electrons. The van der Waals surface area contributed by atoms with E-state index in [1.165, 1.54) is 25.2 Å². The molecule has 0 saturated carbocycles. The highest BCUT2D eigenvalue weighted by atomic mass is 35.5. The minimum atomic E-state index is 0.821. The molecule has 84 valence electrons. The van der Waals surface area contributed by atoms with Crippen molar-refractivity contribution < 1.29 is 4.48 Å². The fraction of sp³-hybridized carbons (Fsp3) is 0.538. The van der Waals surface area contributed by atoms with E-state index < -0.39 is 0 Å². The van der Waals surface area contributed by atoms with Crippen molar-refractivity contribution in [1.29, 1.82) is 0 Å². The molecular formula is C13H21ClN+. The summed E-state index contributed by atoms with van der Waals surface area (Å²) in [5.74, 6) is 0. The van der Waals surface area contributed by atoms with Crippen molar-refractivity contribution in [1.82, 2.24) is 0 Å². The second kappa shape index (κ2) is 5.53. The minimum absolute atomic E-state index is 0.821. The summed E-state index contributed by atoms with van der Waals surface area (Å²) < 4.78 is 1.15. The molecule has 0 amide bonds. The van der Waals surface area contributed by atoms with E-state index >= 15 is 0 Å². The Hall–Kier alpha value is -0.530. The van der Waals surface area contributed by atoms with Crippen LogP contribution in [0.5, 0.6) is 0 Å². The first-order valence-corrected chi connectivity index (χ1v) is 6.13. The van der Waals surface area contributed by atoms with Crippen LogP contribution in [0.2, 0.25) is 5.02 Å². The van der Waals surface area contributed by atoms with Crippen molar-refractivity contribution >= 4 is 11.6 Å². The predicted octanol–water partition coefficient (Wildman–Crippen LogP) is 3.72. The van der Waals surface area contributed by atoms with Crippen LogP contribution in [0, 0.1) is 0 Å². The molecule has 0 fully saturated rings. The Labute approximate surface area is 98.3 Å². The van der Waals surface area contributed by atoms with E-state index in [1.807, 2.05) is 12.1 Å². The number of nitrogens with zero attached hydrogens (tertiary/aromatic N) is 1. The molecule has 0 atom stereocenters. The molecule has 0 aliphatic rings. The standard InChI is InChI=1S/C13H21ClN/c1-4-15(5-2,6-3)11-12-7-9-13(14)10-8-12/h7-10H,4-6,11H2,1-3H3/q+1. The molecule has 0 unspecified atom stereocenters. The Morgan fingerprint density at radius 3 is 1.80 bits per heavy atom. The highest BCUT2D eigenvalue weighted by Gasteiger charge is 2.20. The third kappa shape index (κ3) is 3.22. The molecular weight excluding hydrogens is 206 g/mol. The van der Waals surface area contributed by atoms with Gasteiger partial charge in [-0.3, -0.25) is 0 Å². The molecule has 0 heterocycles. The van der Waals surface area contributed by atoms with Gasteiger partial charge in [-0.25, -0.2) is 0 Å². The maximum absolute atomic E-state index is 5.88. The lowest BCUT2D eigenvalue weighted by Crippen LogP contribution is -2.46. The monoisotopic (exact) mass is 226 g/mol. The number of rotatable bonds is 5. The number of quaternary nitrogens is 1. The number of halogens is 1. The van der Waals surface area contributed by atoms with Crippen LogP contribution in [0.15, 0.2) is 24.3 Å². The van der Waals surface area contributed by atoms with Crippen LogP contribution < -0.4 is 0 Å². The summed E-state index contributed by atoms with van der Waals surface area (Å²) in [5, 5.41) is 0.821. The third-order valence-electron chi connectivity index (χ3n) is 3.44. The van der Waals surface area contributed by atoms with Crippen LogP contribution in [0.25, 0.3) is 0 Å². The van der Waals surface area contributed by atoms with Crippen molar-refractivity contribution in [3.8, 4) is 0 Å². The highest BCUT2D eigenvalue weighted by Crippen LogP contribution is 2.16. The van der Waals surface area contributed by atoms with Gasteiger partial charge in [0.1, 0.15) is 6.54 Å². The first-order chi connectivity index (χ1) is 7.15. The summed E-state index contributed by atoms with van der Waals surface area (Å²) in [6, 6.07) is 8.23. The van der Waals surface area contributed by atoms with Gasteiger partial charge in [0.05, 0.1) is 19.6 Å². The summed E-state index contributed by atoms with van der Waals surface area (Å²) >= 11 is 5.88. The van der Waals surface area contributed by atoms with Crippen molar-refractivity contribution in [3.63, 3.8) is 0 Å². The molecule has 1 rings (SSSR count). The summed E-state index contributed by atoms with van der Waals surface area (Å²) in [5.41, 5.74) is 1.38. The zero-order valence-corrected chi connectivity index (χ0v) is 10.7. The Balaban J connectivity index is 2.78. The van der Waals surface area contributed by atoms with Crippen LogP contribution in [-0.2, 0) is 6.54 Å². The van der Waals surface area contributed by atoms with Crippen molar-refractivity contribution in [2.24, 2.45) is 0 Å². The van der Waals surface area contributed by atoms with E-state index in [0.29, 0.717) is 0 Å². The fourth-order valence-corrected chi connectivity index (χ4v) is 2.11. The molecule has 0 aliphatic heterocycles. The van der Waals surface area contributed by atoms with Gasteiger partial charge in [-0.15, -0.1) is 0 Å². The number of benzene rings is 1.